The number of para-hydroxylation sites is 1. The summed E-state index contributed by atoms with van der Waals surface area (Å²) in [7, 11) is 0. The number of amides is 1. The lowest BCUT2D eigenvalue weighted by molar-refractivity contribution is -0.146. The fourth-order valence-electron chi connectivity index (χ4n) is 3.92. The number of rotatable bonds is 2. The molecule has 0 aliphatic carbocycles. The van der Waals surface area contributed by atoms with E-state index in [0.717, 1.165) is 10.2 Å². The van der Waals surface area contributed by atoms with Gasteiger partial charge < -0.3 is 9.84 Å². The van der Waals surface area contributed by atoms with E-state index in [1.165, 1.54) is 11.3 Å². The zero-order chi connectivity index (χ0) is 15.8. The number of aromatic nitrogens is 1. The average Bonchev–Trinajstić information content (AvgIpc) is 3.25. The van der Waals surface area contributed by atoms with Crippen LogP contribution in [-0.2, 0) is 14.3 Å². The van der Waals surface area contributed by atoms with Crippen molar-refractivity contribution < 1.29 is 19.4 Å². The molecule has 116 valence electrons. The summed E-state index contributed by atoms with van der Waals surface area (Å²) < 4.78 is 6.88. The number of thiazole rings is 1. The number of carboxylic acid groups (broad SMARTS) is 1. The molecule has 4 heterocycles. The molecule has 2 fully saturated rings. The van der Waals surface area contributed by atoms with Crippen molar-refractivity contribution >= 4 is 38.6 Å². The van der Waals surface area contributed by atoms with Crippen LogP contribution in [0.15, 0.2) is 36.4 Å². The highest BCUT2D eigenvalue weighted by molar-refractivity contribution is 7.22. The molecule has 2 saturated heterocycles. The van der Waals surface area contributed by atoms with Crippen molar-refractivity contribution in [3.8, 4) is 0 Å². The Hall–Kier alpha value is -2.25. The molecule has 3 aliphatic heterocycles. The molecule has 3 aliphatic rings. The molecular weight excluding hydrogens is 316 g/mol. The summed E-state index contributed by atoms with van der Waals surface area (Å²) in [4.78, 5) is 30.5. The standard InChI is InChI=1S/C16H12N2O4S/c19-13-12-11(14(20)21)9-5-6-16(12,22-9)7-18(13)15-17-8-3-1-2-4-10(8)23-15/h1-6,9,11-12H,7H2,(H,20,21)/t9-,11-,12+,16-/m0/s1. The highest BCUT2D eigenvalue weighted by atomic mass is 32.1. The molecule has 2 aromatic rings. The van der Waals surface area contributed by atoms with Gasteiger partial charge >= 0.3 is 5.97 Å². The van der Waals surface area contributed by atoms with Crippen LogP contribution in [0.5, 0.6) is 0 Å². The van der Waals surface area contributed by atoms with Gasteiger partial charge in [-0.25, -0.2) is 4.98 Å². The van der Waals surface area contributed by atoms with Gasteiger partial charge in [0.25, 0.3) is 0 Å². The second-order valence-corrected chi connectivity index (χ2v) is 7.14. The van der Waals surface area contributed by atoms with Crippen molar-refractivity contribution in [2.75, 3.05) is 11.4 Å². The Balaban J connectivity index is 1.58. The zero-order valence-corrected chi connectivity index (χ0v) is 12.7. The van der Waals surface area contributed by atoms with E-state index < -0.39 is 29.5 Å². The maximum atomic E-state index is 12.9. The van der Waals surface area contributed by atoms with Crippen molar-refractivity contribution in [2.45, 2.75) is 11.7 Å². The normalized spacial score (nSPS) is 34.5. The number of carboxylic acids is 1. The number of fused-ring (bicyclic) bond motifs is 2. The number of anilines is 1. The number of aliphatic carboxylic acids is 1. The van der Waals surface area contributed by atoms with E-state index in [1.54, 1.807) is 11.0 Å². The third-order valence-corrected chi connectivity index (χ3v) is 5.96. The molecule has 5 rings (SSSR count). The minimum absolute atomic E-state index is 0.205. The molecule has 7 heteroatoms. The number of carbonyl (C=O) groups is 2. The first-order chi connectivity index (χ1) is 11.1. The van der Waals surface area contributed by atoms with Gasteiger partial charge in [0.05, 0.1) is 28.8 Å². The maximum Gasteiger partial charge on any atom is 0.310 e. The largest absolute Gasteiger partial charge is 0.481 e. The second-order valence-electron chi connectivity index (χ2n) is 6.13. The third-order valence-electron chi connectivity index (χ3n) is 4.90. The van der Waals surface area contributed by atoms with E-state index in [0.29, 0.717) is 11.7 Å². The van der Waals surface area contributed by atoms with Crippen LogP contribution in [-0.4, -0.2) is 40.2 Å². The van der Waals surface area contributed by atoms with Gasteiger partial charge in [0.15, 0.2) is 5.13 Å². The van der Waals surface area contributed by atoms with E-state index in [1.807, 2.05) is 30.3 Å². The Morgan fingerprint density at radius 3 is 3.04 bits per heavy atom. The van der Waals surface area contributed by atoms with Gasteiger partial charge in [0, 0.05) is 0 Å². The van der Waals surface area contributed by atoms with Gasteiger partial charge in [-0.3, -0.25) is 14.5 Å². The molecule has 1 aromatic carbocycles. The predicted octanol–water partition coefficient (Wildman–Crippen LogP) is 1.67. The smallest absolute Gasteiger partial charge is 0.310 e. The zero-order valence-electron chi connectivity index (χ0n) is 11.9. The number of hydrogen-bond donors (Lipinski definition) is 1. The first-order valence-corrected chi connectivity index (χ1v) is 8.18. The first-order valence-electron chi connectivity index (χ1n) is 7.36. The molecule has 1 spiro atoms. The Morgan fingerprint density at radius 2 is 2.26 bits per heavy atom. The van der Waals surface area contributed by atoms with E-state index >= 15 is 0 Å². The molecule has 2 bridgehead atoms. The lowest BCUT2D eigenvalue weighted by atomic mass is 9.77. The van der Waals surface area contributed by atoms with Crippen LogP contribution in [0.2, 0.25) is 0 Å². The van der Waals surface area contributed by atoms with Gasteiger partial charge in [0.1, 0.15) is 11.5 Å². The van der Waals surface area contributed by atoms with Gasteiger partial charge in [-0.2, -0.15) is 0 Å². The predicted molar refractivity (Wildman–Crippen MR) is 83.3 cm³/mol. The van der Waals surface area contributed by atoms with E-state index in [-0.39, 0.29) is 5.91 Å². The van der Waals surface area contributed by atoms with Gasteiger partial charge in [-0.1, -0.05) is 35.6 Å². The maximum absolute atomic E-state index is 12.9. The monoisotopic (exact) mass is 328 g/mol. The number of nitrogens with zero attached hydrogens (tertiary/aromatic N) is 2. The Kier molecular flexibility index (Phi) is 2.40. The average molecular weight is 328 g/mol. The van der Waals surface area contributed by atoms with Gasteiger partial charge in [-0.15, -0.1) is 0 Å². The van der Waals surface area contributed by atoms with Gasteiger partial charge in [-0.05, 0) is 12.1 Å². The van der Waals surface area contributed by atoms with Gasteiger partial charge in [0.2, 0.25) is 5.91 Å². The number of benzene rings is 1. The summed E-state index contributed by atoms with van der Waals surface area (Å²) >= 11 is 1.44. The Bertz CT molecular complexity index is 858. The van der Waals surface area contributed by atoms with Crippen molar-refractivity contribution in [3.63, 3.8) is 0 Å². The second kappa shape index (κ2) is 4.18. The fraction of sp³-hybridized carbons (Fsp3) is 0.312. The number of hydrogen-bond acceptors (Lipinski definition) is 5. The molecule has 0 radical (unpaired) electrons. The molecule has 23 heavy (non-hydrogen) atoms. The van der Waals surface area contributed by atoms with Crippen molar-refractivity contribution in [1.29, 1.82) is 0 Å². The summed E-state index contributed by atoms with van der Waals surface area (Å²) in [6, 6.07) is 7.69. The minimum atomic E-state index is -0.981. The molecule has 1 N–H and O–H groups in total. The van der Waals surface area contributed by atoms with Crippen LogP contribution in [0, 0.1) is 11.8 Å². The summed E-state index contributed by atoms with van der Waals surface area (Å²) in [5.41, 5.74) is 0.0215. The highest BCUT2D eigenvalue weighted by Crippen LogP contribution is 2.53. The Labute approximate surface area is 135 Å². The molecule has 0 saturated carbocycles. The quantitative estimate of drug-likeness (QED) is 0.848. The highest BCUT2D eigenvalue weighted by Gasteiger charge is 2.67. The number of carbonyl (C=O) groups excluding carboxylic acids is 1. The fourth-order valence-corrected chi connectivity index (χ4v) is 4.89. The van der Waals surface area contributed by atoms with Crippen LogP contribution in [0.1, 0.15) is 0 Å². The molecule has 4 atom stereocenters. The molecule has 1 amide bonds. The first kappa shape index (κ1) is 13.2. The Morgan fingerprint density at radius 1 is 1.43 bits per heavy atom. The molecule has 0 unspecified atom stereocenters. The SMILES string of the molecule is O=C(O)[C@H]1[C@@H]2C=C[C@@]3(CN(c4nc5ccccc5s4)C(=O)[C@@H]13)O2. The summed E-state index contributed by atoms with van der Waals surface area (Å²) in [6.07, 6.45) is 3.12. The van der Waals surface area contributed by atoms with Crippen LogP contribution in [0.25, 0.3) is 10.2 Å². The molecule has 6 nitrogen and oxygen atoms in total. The van der Waals surface area contributed by atoms with Crippen LogP contribution in [0.3, 0.4) is 0 Å². The topological polar surface area (TPSA) is 79.7 Å². The van der Waals surface area contributed by atoms with Crippen LogP contribution >= 0.6 is 11.3 Å². The minimum Gasteiger partial charge on any atom is -0.481 e. The third kappa shape index (κ3) is 1.58. The van der Waals surface area contributed by atoms with Crippen LogP contribution in [0.4, 0.5) is 5.13 Å². The summed E-state index contributed by atoms with van der Waals surface area (Å²) in [5.74, 6) is -2.66. The lowest BCUT2D eigenvalue weighted by Crippen LogP contribution is -2.39. The summed E-state index contributed by atoms with van der Waals surface area (Å²) in [6.45, 7) is 0.326. The summed E-state index contributed by atoms with van der Waals surface area (Å²) in [5, 5.41) is 10.1. The molecular formula is C16H12N2O4S. The van der Waals surface area contributed by atoms with Crippen LogP contribution < -0.4 is 4.90 Å². The van der Waals surface area contributed by atoms with Crippen molar-refractivity contribution in [3.05, 3.63) is 36.4 Å². The van der Waals surface area contributed by atoms with E-state index in [9.17, 15) is 14.7 Å². The number of ether oxygens (including phenoxy) is 1. The molecule has 1 aromatic heterocycles. The van der Waals surface area contributed by atoms with Crippen molar-refractivity contribution in [2.24, 2.45) is 11.8 Å². The van der Waals surface area contributed by atoms with E-state index in [2.05, 4.69) is 4.98 Å². The lowest BCUT2D eigenvalue weighted by Gasteiger charge is -2.21. The van der Waals surface area contributed by atoms with E-state index in [4.69, 9.17) is 4.74 Å². The van der Waals surface area contributed by atoms with Crippen molar-refractivity contribution in [1.82, 2.24) is 4.98 Å².